The summed E-state index contributed by atoms with van der Waals surface area (Å²) >= 11 is 7.14. The van der Waals surface area contributed by atoms with E-state index in [2.05, 4.69) is 56.2 Å². The van der Waals surface area contributed by atoms with Crippen LogP contribution in [0.15, 0.2) is 51.4 Å². The second-order valence-electron chi connectivity index (χ2n) is 4.78. The number of benzene rings is 2. The largest absolute Gasteiger partial charge is 0.487 e. The van der Waals surface area contributed by atoms with E-state index in [4.69, 9.17) is 4.74 Å². The Morgan fingerprint density at radius 1 is 0.952 bits per heavy atom. The third kappa shape index (κ3) is 4.83. The smallest absolute Gasteiger partial charge is 0.138 e. The summed E-state index contributed by atoms with van der Waals surface area (Å²) in [6.45, 7) is 4.54. The minimum Gasteiger partial charge on any atom is -0.487 e. The van der Waals surface area contributed by atoms with Gasteiger partial charge in [-0.1, -0.05) is 53.2 Å². The molecule has 0 aliphatic heterocycles. The van der Waals surface area contributed by atoms with Gasteiger partial charge in [-0.05, 0) is 41.0 Å². The average molecular weight is 413 g/mol. The molecule has 0 spiro atoms. The van der Waals surface area contributed by atoms with Crippen LogP contribution in [0, 0.1) is 0 Å². The van der Waals surface area contributed by atoms with Crippen molar-refractivity contribution in [3.05, 3.63) is 62.5 Å². The summed E-state index contributed by atoms with van der Waals surface area (Å²) < 4.78 is 8.11. The van der Waals surface area contributed by atoms with Gasteiger partial charge >= 0.3 is 0 Å². The Morgan fingerprint density at radius 3 is 2.43 bits per heavy atom. The molecule has 0 atom stereocenters. The quantitative estimate of drug-likeness (QED) is 0.623. The van der Waals surface area contributed by atoms with Crippen molar-refractivity contribution in [3.8, 4) is 5.75 Å². The molecule has 0 radical (unpaired) electrons. The van der Waals surface area contributed by atoms with Crippen molar-refractivity contribution in [2.75, 3.05) is 6.54 Å². The molecule has 0 bridgehead atoms. The highest BCUT2D eigenvalue weighted by molar-refractivity contribution is 9.10. The lowest BCUT2D eigenvalue weighted by molar-refractivity contribution is 0.299. The summed E-state index contributed by atoms with van der Waals surface area (Å²) in [5.74, 6) is 0.914. The minimum absolute atomic E-state index is 0.546. The summed E-state index contributed by atoms with van der Waals surface area (Å²) in [4.78, 5) is 0. The fraction of sp³-hybridized carbons (Fsp3) is 0.294. The van der Waals surface area contributed by atoms with Crippen LogP contribution in [0.4, 0.5) is 0 Å². The highest BCUT2D eigenvalue weighted by Crippen LogP contribution is 2.30. The molecule has 112 valence electrons. The fourth-order valence-electron chi connectivity index (χ4n) is 2.02. The Labute approximate surface area is 143 Å². The zero-order valence-corrected chi connectivity index (χ0v) is 15.2. The molecule has 2 aromatic rings. The maximum Gasteiger partial charge on any atom is 0.138 e. The second-order valence-corrected chi connectivity index (χ2v) is 6.49. The normalized spacial score (nSPS) is 10.6. The molecule has 0 aliphatic carbocycles. The molecule has 0 amide bonds. The number of hydrogen-bond donors (Lipinski definition) is 1. The van der Waals surface area contributed by atoms with Gasteiger partial charge in [-0.3, -0.25) is 0 Å². The predicted molar refractivity (Wildman–Crippen MR) is 94.6 cm³/mol. The summed E-state index contributed by atoms with van der Waals surface area (Å²) in [5.41, 5.74) is 2.31. The number of hydrogen-bond acceptors (Lipinski definition) is 2. The number of halogens is 2. The first-order valence-corrected chi connectivity index (χ1v) is 8.65. The van der Waals surface area contributed by atoms with Crippen LogP contribution < -0.4 is 10.1 Å². The monoisotopic (exact) mass is 411 g/mol. The van der Waals surface area contributed by atoms with Gasteiger partial charge in [0.15, 0.2) is 0 Å². The lowest BCUT2D eigenvalue weighted by atomic mass is 10.2. The highest BCUT2D eigenvalue weighted by Gasteiger charge is 2.09. The summed E-state index contributed by atoms with van der Waals surface area (Å²) in [7, 11) is 0. The SMILES string of the molecule is CCCNCc1cccc(Br)c1OCc1ccccc1Br. The standard InChI is InChI=1S/C17H19Br2NO/c1-2-10-20-11-13-7-5-9-16(19)17(13)21-12-14-6-3-4-8-15(14)18/h3-9,20H,2,10-12H2,1H3. The van der Waals surface area contributed by atoms with E-state index in [0.29, 0.717) is 6.61 Å². The van der Waals surface area contributed by atoms with Crippen LogP contribution in [0.1, 0.15) is 24.5 Å². The maximum atomic E-state index is 6.05. The van der Waals surface area contributed by atoms with Crippen LogP contribution in [-0.2, 0) is 13.2 Å². The Hall–Kier alpha value is -0.840. The number of rotatable bonds is 7. The molecule has 1 N–H and O–H groups in total. The van der Waals surface area contributed by atoms with Gasteiger partial charge in [-0.15, -0.1) is 0 Å². The molecule has 21 heavy (non-hydrogen) atoms. The van der Waals surface area contributed by atoms with E-state index in [1.807, 2.05) is 30.3 Å². The topological polar surface area (TPSA) is 21.3 Å². The van der Waals surface area contributed by atoms with E-state index in [1.165, 1.54) is 5.56 Å². The maximum absolute atomic E-state index is 6.05. The molecule has 2 aromatic carbocycles. The van der Waals surface area contributed by atoms with Gasteiger partial charge in [0.1, 0.15) is 12.4 Å². The molecule has 0 aliphatic rings. The molecule has 0 heterocycles. The van der Waals surface area contributed by atoms with Crippen molar-refractivity contribution in [1.29, 1.82) is 0 Å². The van der Waals surface area contributed by atoms with Crippen molar-refractivity contribution in [2.24, 2.45) is 0 Å². The number of para-hydroxylation sites is 1. The molecule has 4 heteroatoms. The van der Waals surface area contributed by atoms with Crippen LogP contribution >= 0.6 is 31.9 Å². The van der Waals surface area contributed by atoms with E-state index in [1.54, 1.807) is 0 Å². The van der Waals surface area contributed by atoms with E-state index in [9.17, 15) is 0 Å². The Morgan fingerprint density at radius 2 is 1.67 bits per heavy atom. The minimum atomic E-state index is 0.546. The predicted octanol–water partition coefficient (Wildman–Crippen LogP) is 5.29. The van der Waals surface area contributed by atoms with Crippen LogP contribution in [0.25, 0.3) is 0 Å². The Balaban J connectivity index is 2.09. The van der Waals surface area contributed by atoms with Crippen molar-refractivity contribution in [1.82, 2.24) is 5.32 Å². The fourth-order valence-corrected chi connectivity index (χ4v) is 2.94. The molecule has 0 aromatic heterocycles. The van der Waals surface area contributed by atoms with Crippen molar-refractivity contribution in [2.45, 2.75) is 26.5 Å². The molecule has 0 unspecified atom stereocenters. The molecule has 0 saturated carbocycles. The van der Waals surface area contributed by atoms with Gasteiger partial charge < -0.3 is 10.1 Å². The van der Waals surface area contributed by atoms with Crippen molar-refractivity contribution < 1.29 is 4.74 Å². The zero-order chi connectivity index (χ0) is 15.1. The van der Waals surface area contributed by atoms with Gasteiger partial charge in [0.25, 0.3) is 0 Å². The summed E-state index contributed by atoms with van der Waals surface area (Å²) in [5, 5.41) is 3.42. The van der Waals surface area contributed by atoms with Gasteiger partial charge in [0.2, 0.25) is 0 Å². The molecular weight excluding hydrogens is 394 g/mol. The number of ether oxygens (including phenoxy) is 1. The first-order chi connectivity index (χ1) is 10.2. The highest BCUT2D eigenvalue weighted by atomic mass is 79.9. The average Bonchev–Trinajstić information content (AvgIpc) is 2.48. The van der Waals surface area contributed by atoms with Crippen molar-refractivity contribution in [3.63, 3.8) is 0 Å². The zero-order valence-electron chi connectivity index (χ0n) is 12.0. The van der Waals surface area contributed by atoms with Crippen LogP contribution in [0.3, 0.4) is 0 Å². The molecule has 2 rings (SSSR count). The molecular formula is C17H19Br2NO. The van der Waals surface area contributed by atoms with Crippen LogP contribution in [-0.4, -0.2) is 6.54 Å². The molecule has 0 saturated heterocycles. The Kier molecular flexibility index (Phi) is 6.74. The van der Waals surface area contributed by atoms with Crippen molar-refractivity contribution >= 4 is 31.9 Å². The lowest BCUT2D eigenvalue weighted by Gasteiger charge is -2.14. The van der Waals surface area contributed by atoms with Crippen LogP contribution in [0.5, 0.6) is 5.75 Å². The van der Waals surface area contributed by atoms with Gasteiger partial charge in [0.05, 0.1) is 4.47 Å². The first kappa shape index (κ1) is 16.5. The number of nitrogens with one attached hydrogen (secondary N) is 1. The Bertz CT molecular complexity index is 587. The lowest BCUT2D eigenvalue weighted by Crippen LogP contribution is -2.14. The van der Waals surface area contributed by atoms with E-state index < -0.39 is 0 Å². The summed E-state index contributed by atoms with van der Waals surface area (Å²) in [6, 6.07) is 14.3. The van der Waals surface area contributed by atoms with E-state index in [-0.39, 0.29) is 0 Å². The first-order valence-electron chi connectivity index (χ1n) is 7.06. The van der Waals surface area contributed by atoms with Gasteiger partial charge in [-0.25, -0.2) is 0 Å². The summed E-state index contributed by atoms with van der Waals surface area (Å²) in [6.07, 6.45) is 1.13. The third-order valence-electron chi connectivity index (χ3n) is 3.12. The second kappa shape index (κ2) is 8.57. The molecule has 2 nitrogen and oxygen atoms in total. The molecule has 0 fully saturated rings. The van der Waals surface area contributed by atoms with Gasteiger partial charge in [-0.2, -0.15) is 0 Å². The van der Waals surface area contributed by atoms with Crippen LogP contribution in [0.2, 0.25) is 0 Å². The van der Waals surface area contributed by atoms with Gasteiger partial charge in [0, 0.05) is 22.1 Å². The third-order valence-corrected chi connectivity index (χ3v) is 4.52. The van der Waals surface area contributed by atoms with E-state index >= 15 is 0 Å². The van der Waals surface area contributed by atoms with E-state index in [0.717, 1.165) is 39.8 Å².